The van der Waals surface area contributed by atoms with E-state index in [-0.39, 0.29) is 5.75 Å². The standard InChI is InChI=1S/C3H8O3S.C2H2/c1-2-3-7(4,5)6;1-2/h2-3H2,1H3,(H,4,5,6);1-2H. The van der Waals surface area contributed by atoms with E-state index in [1.165, 1.54) is 0 Å². The molecule has 0 saturated carbocycles. The molecule has 0 amide bonds. The Kier molecular flexibility index (Phi) is 7.03. The molecule has 0 atom stereocenters. The maximum absolute atomic E-state index is 9.79. The summed E-state index contributed by atoms with van der Waals surface area (Å²) in [5.41, 5.74) is 0. The maximum Gasteiger partial charge on any atom is 0.264 e. The highest BCUT2D eigenvalue weighted by molar-refractivity contribution is 7.85. The minimum Gasteiger partial charge on any atom is -0.286 e. The van der Waals surface area contributed by atoms with E-state index < -0.39 is 10.1 Å². The van der Waals surface area contributed by atoms with E-state index in [1.807, 2.05) is 0 Å². The second-order valence-electron chi connectivity index (χ2n) is 1.29. The van der Waals surface area contributed by atoms with Crippen LogP contribution in [0.15, 0.2) is 0 Å². The quantitative estimate of drug-likeness (QED) is 0.461. The molecule has 0 aromatic heterocycles. The molecule has 0 heterocycles. The zero-order chi connectivity index (χ0) is 7.91. The summed E-state index contributed by atoms with van der Waals surface area (Å²) in [7, 11) is -3.67. The first-order valence-electron chi connectivity index (χ1n) is 2.35. The van der Waals surface area contributed by atoms with Crippen LogP contribution in [0.1, 0.15) is 13.3 Å². The van der Waals surface area contributed by atoms with E-state index >= 15 is 0 Å². The van der Waals surface area contributed by atoms with Gasteiger partial charge in [-0.1, -0.05) is 6.92 Å². The topological polar surface area (TPSA) is 54.4 Å². The molecule has 0 fully saturated rings. The summed E-state index contributed by atoms with van der Waals surface area (Å²) >= 11 is 0. The molecule has 0 bridgehead atoms. The van der Waals surface area contributed by atoms with Crippen molar-refractivity contribution in [3.63, 3.8) is 0 Å². The molecule has 0 aliphatic carbocycles. The van der Waals surface area contributed by atoms with E-state index in [9.17, 15) is 8.42 Å². The first-order chi connectivity index (χ1) is 4.06. The molecule has 54 valence electrons. The fourth-order valence-electron chi connectivity index (χ4n) is 0.258. The zero-order valence-electron chi connectivity index (χ0n) is 5.24. The van der Waals surface area contributed by atoms with Crippen LogP contribution in [0, 0.1) is 12.8 Å². The summed E-state index contributed by atoms with van der Waals surface area (Å²) < 4.78 is 27.6. The van der Waals surface area contributed by atoms with Gasteiger partial charge in [-0.3, -0.25) is 4.55 Å². The summed E-state index contributed by atoms with van der Waals surface area (Å²) in [5, 5.41) is 0. The highest BCUT2D eigenvalue weighted by Crippen LogP contribution is 1.83. The monoisotopic (exact) mass is 150 g/mol. The Morgan fingerprint density at radius 1 is 1.44 bits per heavy atom. The predicted molar refractivity (Wildman–Crippen MR) is 36.6 cm³/mol. The third-order valence-corrected chi connectivity index (χ3v) is 1.39. The number of hydrogen-bond donors (Lipinski definition) is 1. The molecule has 0 aromatic rings. The lowest BCUT2D eigenvalue weighted by atomic mass is 10.6. The average Bonchev–Trinajstić information content (AvgIpc) is 1.69. The molecule has 0 unspecified atom stereocenters. The van der Waals surface area contributed by atoms with Crippen molar-refractivity contribution in [3.8, 4) is 12.8 Å². The second kappa shape index (κ2) is 5.60. The molecule has 0 saturated heterocycles. The third-order valence-electron chi connectivity index (χ3n) is 0.462. The summed E-state index contributed by atoms with van der Waals surface area (Å²) in [6.07, 6.45) is 8.47. The Labute approximate surface area is 55.8 Å². The van der Waals surface area contributed by atoms with Crippen molar-refractivity contribution < 1.29 is 13.0 Å². The Morgan fingerprint density at radius 3 is 1.78 bits per heavy atom. The van der Waals surface area contributed by atoms with E-state index in [1.54, 1.807) is 6.92 Å². The first kappa shape index (κ1) is 11.3. The van der Waals surface area contributed by atoms with Gasteiger partial charge < -0.3 is 0 Å². The van der Waals surface area contributed by atoms with Gasteiger partial charge in [0.1, 0.15) is 0 Å². The molecule has 0 radical (unpaired) electrons. The molecule has 3 nitrogen and oxygen atoms in total. The molecule has 9 heavy (non-hydrogen) atoms. The number of hydrogen-bond acceptors (Lipinski definition) is 2. The fraction of sp³-hybridized carbons (Fsp3) is 0.600. The highest BCUT2D eigenvalue weighted by atomic mass is 32.2. The SMILES string of the molecule is C#C.CCCS(=O)(=O)O. The summed E-state index contributed by atoms with van der Waals surface area (Å²) in [4.78, 5) is 0. The normalized spacial score (nSPS) is 9.33. The van der Waals surface area contributed by atoms with E-state index in [4.69, 9.17) is 4.55 Å². The molecule has 1 N–H and O–H groups in total. The molecular weight excluding hydrogens is 140 g/mol. The maximum atomic E-state index is 9.79. The van der Waals surface area contributed by atoms with Crippen LogP contribution in [0.5, 0.6) is 0 Å². The summed E-state index contributed by atoms with van der Waals surface area (Å²) in [6.45, 7) is 1.69. The van der Waals surface area contributed by atoms with Crippen molar-refractivity contribution in [1.82, 2.24) is 0 Å². The second-order valence-corrected chi connectivity index (χ2v) is 2.86. The lowest BCUT2D eigenvalue weighted by Crippen LogP contribution is -2.01. The van der Waals surface area contributed by atoms with Crippen LogP contribution in [0.25, 0.3) is 0 Å². The van der Waals surface area contributed by atoms with Crippen LogP contribution >= 0.6 is 0 Å². The zero-order valence-corrected chi connectivity index (χ0v) is 6.06. The van der Waals surface area contributed by atoms with Gasteiger partial charge in [-0.05, 0) is 6.42 Å². The van der Waals surface area contributed by atoms with Gasteiger partial charge in [0.25, 0.3) is 10.1 Å². The van der Waals surface area contributed by atoms with Gasteiger partial charge in [0, 0.05) is 0 Å². The van der Waals surface area contributed by atoms with E-state index in [0.717, 1.165) is 0 Å². The van der Waals surface area contributed by atoms with Crippen LogP contribution in [0.2, 0.25) is 0 Å². The number of terminal acetylenes is 1. The first-order valence-corrected chi connectivity index (χ1v) is 3.95. The molecule has 0 spiro atoms. The minimum absolute atomic E-state index is 0.132. The average molecular weight is 150 g/mol. The Balaban J connectivity index is 0. The highest BCUT2D eigenvalue weighted by Gasteiger charge is 1.98. The molecule has 0 aliphatic rings. The van der Waals surface area contributed by atoms with Crippen LogP contribution < -0.4 is 0 Å². The van der Waals surface area contributed by atoms with Crippen molar-refractivity contribution in [2.45, 2.75) is 13.3 Å². The van der Waals surface area contributed by atoms with Crippen LogP contribution in [0.4, 0.5) is 0 Å². The van der Waals surface area contributed by atoms with E-state index in [2.05, 4.69) is 12.8 Å². The van der Waals surface area contributed by atoms with Crippen molar-refractivity contribution in [3.05, 3.63) is 0 Å². The predicted octanol–water partition coefficient (Wildman–Crippen LogP) is 0.534. The third kappa shape index (κ3) is 18.6. The van der Waals surface area contributed by atoms with E-state index in [0.29, 0.717) is 6.42 Å². The van der Waals surface area contributed by atoms with Gasteiger partial charge in [0.15, 0.2) is 0 Å². The van der Waals surface area contributed by atoms with Gasteiger partial charge in [0.2, 0.25) is 0 Å². The van der Waals surface area contributed by atoms with Gasteiger partial charge in [-0.25, -0.2) is 0 Å². The van der Waals surface area contributed by atoms with Gasteiger partial charge in [-0.2, -0.15) is 8.42 Å². The van der Waals surface area contributed by atoms with Crippen LogP contribution in [-0.4, -0.2) is 18.7 Å². The molecule has 4 heteroatoms. The molecule has 0 aliphatic heterocycles. The van der Waals surface area contributed by atoms with Crippen LogP contribution in [0.3, 0.4) is 0 Å². The van der Waals surface area contributed by atoms with Crippen molar-refractivity contribution in [1.29, 1.82) is 0 Å². The van der Waals surface area contributed by atoms with Gasteiger partial charge in [0.05, 0.1) is 5.75 Å². The lowest BCUT2D eigenvalue weighted by molar-refractivity contribution is 0.482. The smallest absolute Gasteiger partial charge is 0.264 e. The molecule has 0 aromatic carbocycles. The van der Waals surface area contributed by atoms with Crippen molar-refractivity contribution >= 4 is 10.1 Å². The Hall–Kier alpha value is -0.530. The van der Waals surface area contributed by atoms with Crippen molar-refractivity contribution in [2.75, 3.05) is 5.75 Å². The Morgan fingerprint density at radius 2 is 1.78 bits per heavy atom. The fourth-order valence-corrected chi connectivity index (χ4v) is 0.774. The van der Waals surface area contributed by atoms with Crippen molar-refractivity contribution in [2.24, 2.45) is 0 Å². The largest absolute Gasteiger partial charge is 0.286 e. The van der Waals surface area contributed by atoms with Crippen LogP contribution in [-0.2, 0) is 10.1 Å². The summed E-state index contributed by atoms with van der Waals surface area (Å²) in [6, 6.07) is 0. The molecular formula is C5H10O3S. The molecule has 0 rings (SSSR count). The lowest BCUT2D eigenvalue weighted by Gasteiger charge is -1.85. The van der Waals surface area contributed by atoms with Gasteiger partial charge >= 0.3 is 0 Å². The summed E-state index contributed by atoms with van der Waals surface area (Å²) in [5.74, 6) is -0.132. The minimum atomic E-state index is -3.67. The number of rotatable bonds is 2. The Bertz CT molecular complexity index is 154. The van der Waals surface area contributed by atoms with Gasteiger partial charge in [-0.15, -0.1) is 12.8 Å².